The first-order valence-electron chi connectivity index (χ1n) is 5.22. The molecule has 4 heteroatoms. The number of nitrogens with two attached hydrogens (primary N) is 1. The van der Waals surface area contributed by atoms with Crippen LogP contribution in [0, 0.1) is 0 Å². The molecular formula is C13H12N2O2. The molecule has 2 aromatic carbocycles. The molecule has 0 radical (unpaired) electrons. The number of primary amides is 1. The normalized spacial score (nSPS) is 10.1. The minimum absolute atomic E-state index is 0.299. The van der Waals surface area contributed by atoms with Crippen LogP contribution in [0.2, 0.25) is 0 Å². The molecule has 0 saturated heterocycles. The van der Waals surface area contributed by atoms with E-state index < -0.39 is 11.8 Å². The Morgan fingerprint density at radius 3 is 2.47 bits per heavy atom. The maximum atomic E-state index is 11.3. The Hall–Kier alpha value is -2.36. The number of carbonyl (C=O) groups excluding carboxylic acids is 2. The zero-order chi connectivity index (χ0) is 12.3. The van der Waals surface area contributed by atoms with Gasteiger partial charge in [0.25, 0.3) is 0 Å². The molecule has 0 unspecified atom stereocenters. The van der Waals surface area contributed by atoms with Gasteiger partial charge in [-0.25, -0.2) is 0 Å². The van der Waals surface area contributed by atoms with E-state index in [0.29, 0.717) is 5.69 Å². The van der Waals surface area contributed by atoms with E-state index in [2.05, 4.69) is 5.32 Å². The molecule has 0 atom stereocenters. The van der Waals surface area contributed by atoms with Crippen LogP contribution in [0.4, 0.5) is 5.69 Å². The van der Waals surface area contributed by atoms with Gasteiger partial charge >= 0.3 is 0 Å². The molecule has 0 aliphatic rings. The molecule has 2 aromatic rings. The molecule has 2 amide bonds. The van der Waals surface area contributed by atoms with Gasteiger partial charge in [0.1, 0.15) is 6.42 Å². The number of fused-ring (bicyclic) bond motifs is 1. The summed E-state index contributed by atoms with van der Waals surface area (Å²) in [6.45, 7) is 0. The van der Waals surface area contributed by atoms with Crippen molar-refractivity contribution in [2.45, 2.75) is 6.42 Å². The van der Waals surface area contributed by atoms with Crippen molar-refractivity contribution in [2.24, 2.45) is 5.73 Å². The quantitative estimate of drug-likeness (QED) is 0.784. The summed E-state index contributed by atoms with van der Waals surface area (Å²) in [5.41, 5.74) is 5.60. The largest absolute Gasteiger partial charge is 0.369 e. The molecule has 0 bridgehead atoms. The van der Waals surface area contributed by atoms with Crippen LogP contribution in [0.1, 0.15) is 6.42 Å². The van der Waals surface area contributed by atoms with Gasteiger partial charge in [0.15, 0.2) is 0 Å². The summed E-state index contributed by atoms with van der Waals surface area (Å²) in [6.07, 6.45) is -0.299. The number of hydrogen-bond donors (Lipinski definition) is 2. The highest BCUT2D eigenvalue weighted by Crippen LogP contribution is 2.18. The topological polar surface area (TPSA) is 72.2 Å². The summed E-state index contributed by atoms with van der Waals surface area (Å²) in [6, 6.07) is 13.4. The molecule has 0 aromatic heterocycles. The molecule has 2 rings (SSSR count). The van der Waals surface area contributed by atoms with E-state index in [1.165, 1.54) is 0 Å². The Bertz CT molecular complexity index is 578. The Kier molecular flexibility index (Phi) is 3.05. The summed E-state index contributed by atoms with van der Waals surface area (Å²) in [7, 11) is 0. The monoisotopic (exact) mass is 228 g/mol. The van der Waals surface area contributed by atoms with Crippen LogP contribution < -0.4 is 11.1 Å². The van der Waals surface area contributed by atoms with Crippen molar-refractivity contribution in [2.75, 3.05) is 5.32 Å². The predicted octanol–water partition coefficient (Wildman–Crippen LogP) is 1.65. The maximum absolute atomic E-state index is 11.3. The number of benzene rings is 2. The van der Waals surface area contributed by atoms with Gasteiger partial charge in [-0.3, -0.25) is 9.59 Å². The van der Waals surface area contributed by atoms with E-state index in [1.54, 1.807) is 6.07 Å². The lowest BCUT2D eigenvalue weighted by Gasteiger charge is -2.05. The van der Waals surface area contributed by atoms with Gasteiger partial charge in [-0.2, -0.15) is 0 Å². The first-order chi connectivity index (χ1) is 8.15. The third kappa shape index (κ3) is 2.81. The Balaban J connectivity index is 2.19. The second kappa shape index (κ2) is 4.65. The molecule has 0 fully saturated rings. The van der Waals surface area contributed by atoms with Gasteiger partial charge in [-0.1, -0.05) is 30.3 Å². The van der Waals surface area contributed by atoms with E-state index in [0.717, 1.165) is 10.8 Å². The van der Waals surface area contributed by atoms with Crippen LogP contribution >= 0.6 is 0 Å². The van der Waals surface area contributed by atoms with Crippen molar-refractivity contribution >= 4 is 28.3 Å². The van der Waals surface area contributed by atoms with Crippen molar-refractivity contribution < 1.29 is 9.59 Å². The second-order valence-corrected chi connectivity index (χ2v) is 3.75. The first kappa shape index (κ1) is 11.1. The lowest BCUT2D eigenvalue weighted by atomic mass is 10.1. The van der Waals surface area contributed by atoms with Gasteiger partial charge in [0.05, 0.1) is 0 Å². The molecule has 4 nitrogen and oxygen atoms in total. The molecular weight excluding hydrogens is 216 g/mol. The number of amides is 2. The minimum atomic E-state index is -0.636. The van der Waals surface area contributed by atoms with Crippen LogP contribution in [0.5, 0.6) is 0 Å². The molecule has 0 heterocycles. The fourth-order valence-corrected chi connectivity index (χ4v) is 1.63. The van der Waals surface area contributed by atoms with Gasteiger partial charge in [0, 0.05) is 5.69 Å². The van der Waals surface area contributed by atoms with E-state index in [9.17, 15) is 9.59 Å². The van der Waals surface area contributed by atoms with Gasteiger partial charge < -0.3 is 11.1 Å². The summed E-state index contributed by atoms with van der Waals surface area (Å²) in [4.78, 5) is 21.9. The fourth-order valence-electron chi connectivity index (χ4n) is 1.63. The second-order valence-electron chi connectivity index (χ2n) is 3.75. The smallest absolute Gasteiger partial charge is 0.233 e. The molecule has 0 saturated carbocycles. The van der Waals surface area contributed by atoms with Crippen molar-refractivity contribution in [3.63, 3.8) is 0 Å². The number of rotatable bonds is 3. The number of anilines is 1. The summed E-state index contributed by atoms with van der Waals surface area (Å²) in [5.74, 6) is -1.03. The van der Waals surface area contributed by atoms with Crippen LogP contribution in [0.25, 0.3) is 10.8 Å². The van der Waals surface area contributed by atoms with Crippen LogP contribution in [0.15, 0.2) is 42.5 Å². The Morgan fingerprint density at radius 2 is 1.76 bits per heavy atom. The lowest BCUT2D eigenvalue weighted by Crippen LogP contribution is -2.21. The van der Waals surface area contributed by atoms with E-state index in [4.69, 9.17) is 5.73 Å². The van der Waals surface area contributed by atoms with E-state index >= 15 is 0 Å². The zero-order valence-corrected chi connectivity index (χ0v) is 9.14. The highest BCUT2D eigenvalue weighted by molar-refractivity contribution is 6.03. The van der Waals surface area contributed by atoms with Crippen molar-refractivity contribution in [3.05, 3.63) is 42.5 Å². The molecule has 0 spiro atoms. The number of nitrogens with one attached hydrogen (secondary N) is 1. The molecule has 0 aliphatic heterocycles. The van der Waals surface area contributed by atoms with Gasteiger partial charge in [-0.15, -0.1) is 0 Å². The zero-order valence-electron chi connectivity index (χ0n) is 9.14. The van der Waals surface area contributed by atoms with E-state index in [-0.39, 0.29) is 6.42 Å². The van der Waals surface area contributed by atoms with Crippen LogP contribution in [-0.2, 0) is 9.59 Å². The van der Waals surface area contributed by atoms with Gasteiger partial charge in [-0.05, 0) is 22.9 Å². The highest BCUT2D eigenvalue weighted by Gasteiger charge is 2.06. The fraction of sp³-hybridized carbons (Fsp3) is 0.0769. The molecule has 17 heavy (non-hydrogen) atoms. The Morgan fingerprint density at radius 1 is 1.06 bits per heavy atom. The average Bonchev–Trinajstić information content (AvgIpc) is 2.27. The SMILES string of the molecule is NC(=O)CC(=O)Nc1ccc2ccccc2c1. The average molecular weight is 228 g/mol. The highest BCUT2D eigenvalue weighted by atomic mass is 16.2. The van der Waals surface area contributed by atoms with Crippen molar-refractivity contribution in [1.82, 2.24) is 0 Å². The lowest BCUT2D eigenvalue weighted by molar-refractivity contribution is -0.124. The first-order valence-corrected chi connectivity index (χ1v) is 5.22. The third-order valence-electron chi connectivity index (χ3n) is 2.37. The third-order valence-corrected chi connectivity index (χ3v) is 2.37. The Labute approximate surface area is 98.4 Å². The van der Waals surface area contributed by atoms with E-state index in [1.807, 2.05) is 36.4 Å². The maximum Gasteiger partial charge on any atom is 0.233 e. The summed E-state index contributed by atoms with van der Waals surface area (Å²) in [5, 5.41) is 4.76. The van der Waals surface area contributed by atoms with Gasteiger partial charge in [0.2, 0.25) is 11.8 Å². The standard InChI is InChI=1S/C13H12N2O2/c14-12(16)8-13(17)15-11-6-5-9-3-1-2-4-10(9)7-11/h1-7H,8H2,(H2,14,16)(H,15,17). The molecule has 0 aliphatic carbocycles. The van der Waals surface area contributed by atoms with Crippen LogP contribution in [0.3, 0.4) is 0 Å². The number of hydrogen-bond acceptors (Lipinski definition) is 2. The molecule has 3 N–H and O–H groups in total. The minimum Gasteiger partial charge on any atom is -0.369 e. The predicted molar refractivity (Wildman–Crippen MR) is 66.4 cm³/mol. The van der Waals surface area contributed by atoms with Crippen LogP contribution in [-0.4, -0.2) is 11.8 Å². The molecule has 86 valence electrons. The summed E-state index contributed by atoms with van der Waals surface area (Å²) >= 11 is 0. The van der Waals surface area contributed by atoms with Crippen molar-refractivity contribution in [3.8, 4) is 0 Å². The van der Waals surface area contributed by atoms with Crippen molar-refractivity contribution in [1.29, 1.82) is 0 Å². The number of carbonyl (C=O) groups is 2. The summed E-state index contributed by atoms with van der Waals surface area (Å²) < 4.78 is 0.